The maximum Gasteiger partial charge on any atom is 0.347 e. The van der Waals surface area contributed by atoms with Gasteiger partial charge in [0.05, 0.1) is 17.2 Å². The third-order valence-corrected chi connectivity index (χ3v) is 2.78. The lowest BCUT2D eigenvalue weighted by atomic mass is 10.2. The van der Waals surface area contributed by atoms with Crippen molar-refractivity contribution in [3.63, 3.8) is 0 Å². The van der Waals surface area contributed by atoms with Crippen LogP contribution in [0.4, 0.5) is 0 Å². The van der Waals surface area contributed by atoms with Gasteiger partial charge in [-0.3, -0.25) is 4.79 Å². The third-order valence-electron chi connectivity index (χ3n) is 2.48. The molecule has 1 aromatic rings. The maximum absolute atomic E-state index is 11.8. The molecule has 0 N–H and O–H groups in total. The molecule has 0 heterocycles. The second kappa shape index (κ2) is 7.79. The van der Waals surface area contributed by atoms with Crippen LogP contribution < -0.4 is 4.74 Å². The zero-order valence-electron chi connectivity index (χ0n) is 11.0. The number of hydrogen-bond acceptors (Lipinski definition) is 4. The molecule has 19 heavy (non-hydrogen) atoms. The fourth-order valence-electron chi connectivity index (χ4n) is 1.61. The summed E-state index contributed by atoms with van der Waals surface area (Å²) in [6.07, 6.45) is 1.16. The minimum atomic E-state index is -0.747. The van der Waals surface area contributed by atoms with Crippen molar-refractivity contribution in [3.05, 3.63) is 28.8 Å². The number of carbonyl (C=O) groups excluding carboxylic acids is 2. The van der Waals surface area contributed by atoms with E-state index in [-0.39, 0.29) is 12.4 Å². The van der Waals surface area contributed by atoms with Gasteiger partial charge in [-0.1, -0.05) is 31.0 Å². The fourth-order valence-corrected chi connectivity index (χ4v) is 1.83. The van der Waals surface area contributed by atoms with Gasteiger partial charge in [-0.05, 0) is 25.5 Å². The number of ether oxygens (including phenoxy) is 2. The van der Waals surface area contributed by atoms with Crippen LogP contribution in [-0.2, 0) is 9.53 Å². The Morgan fingerprint density at radius 1 is 1.42 bits per heavy atom. The lowest BCUT2D eigenvalue weighted by molar-refractivity contribution is -0.151. The molecule has 0 radical (unpaired) electrons. The molecule has 0 fully saturated rings. The van der Waals surface area contributed by atoms with Crippen LogP contribution in [0.2, 0.25) is 5.02 Å². The summed E-state index contributed by atoms with van der Waals surface area (Å²) in [5.41, 5.74) is 0.318. The minimum absolute atomic E-state index is 0.227. The van der Waals surface area contributed by atoms with Crippen molar-refractivity contribution < 1.29 is 19.1 Å². The monoisotopic (exact) mass is 284 g/mol. The van der Waals surface area contributed by atoms with E-state index in [4.69, 9.17) is 21.1 Å². The minimum Gasteiger partial charge on any atom is -0.476 e. The van der Waals surface area contributed by atoms with Crippen LogP contribution in [0.1, 0.15) is 37.0 Å². The number of rotatable bonds is 7. The maximum atomic E-state index is 11.8. The number of esters is 1. The van der Waals surface area contributed by atoms with E-state index in [1.54, 1.807) is 25.1 Å². The molecule has 4 nitrogen and oxygen atoms in total. The van der Waals surface area contributed by atoms with Gasteiger partial charge in [0, 0.05) is 0 Å². The Morgan fingerprint density at radius 2 is 2.16 bits per heavy atom. The molecule has 0 aliphatic rings. The van der Waals surface area contributed by atoms with E-state index in [1.807, 2.05) is 6.92 Å². The second-order valence-electron chi connectivity index (χ2n) is 3.92. The largest absolute Gasteiger partial charge is 0.476 e. The summed E-state index contributed by atoms with van der Waals surface area (Å²) >= 11 is 6.00. The van der Waals surface area contributed by atoms with Crippen LogP contribution in [0.25, 0.3) is 0 Å². The van der Waals surface area contributed by atoms with Crippen molar-refractivity contribution in [2.24, 2.45) is 0 Å². The molecule has 1 atom stereocenters. The third kappa shape index (κ3) is 4.24. The predicted molar refractivity (Wildman–Crippen MR) is 72.8 cm³/mol. The second-order valence-corrected chi connectivity index (χ2v) is 4.33. The fraction of sp³-hybridized carbons (Fsp3) is 0.429. The molecule has 0 spiro atoms. The van der Waals surface area contributed by atoms with Gasteiger partial charge in [-0.2, -0.15) is 0 Å². The molecule has 1 unspecified atom stereocenters. The quantitative estimate of drug-likeness (QED) is 0.570. The van der Waals surface area contributed by atoms with Gasteiger partial charge in [-0.15, -0.1) is 0 Å². The van der Waals surface area contributed by atoms with Crippen LogP contribution >= 0.6 is 11.6 Å². The zero-order valence-corrected chi connectivity index (χ0v) is 11.8. The molecule has 0 aliphatic heterocycles. The van der Waals surface area contributed by atoms with Gasteiger partial charge in [0.1, 0.15) is 5.75 Å². The first-order valence-corrected chi connectivity index (χ1v) is 6.58. The molecule has 1 aromatic carbocycles. The summed E-state index contributed by atoms with van der Waals surface area (Å²) in [6, 6.07) is 4.85. The van der Waals surface area contributed by atoms with Crippen molar-refractivity contribution in [2.45, 2.75) is 32.8 Å². The first kappa shape index (κ1) is 15.5. The Morgan fingerprint density at radius 3 is 2.74 bits per heavy atom. The summed E-state index contributed by atoms with van der Waals surface area (Å²) in [4.78, 5) is 22.7. The molecular formula is C14H17ClO4. The number of benzene rings is 1. The Bertz CT molecular complexity index is 445. The summed E-state index contributed by atoms with van der Waals surface area (Å²) in [7, 11) is 0. The molecule has 0 saturated heterocycles. The van der Waals surface area contributed by atoms with Crippen molar-refractivity contribution in [2.75, 3.05) is 6.61 Å². The van der Waals surface area contributed by atoms with Crippen LogP contribution in [0, 0.1) is 0 Å². The van der Waals surface area contributed by atoms with E-state index in [0.29, 0.717) is 23.3 Å². The number of halogens is 1. The van der Waals surface area contributed by atoms with Crippen LogP contribution in [0.15, 0.2) is 18.2 Å². The highest BCUT2D eigenvalue weighted by Gasteiger charge is 2.23. The number of aldehydes is 1. The Hall–Kier alpha value is -1.55. The highest BCUT2D eigenvalue weighted by molar-refractivity contribution is 6.32. The lowest BCUT2D eigenvalue weighted by Gasteiger charge is -2.18. The smallest absolute Gasteiger partial charge is 0.347 e. The molecular weight excluding hydrogens is 268 g/mol. The Kier molecular flexibility index (Phi) is 6.36. The molecule has 0 aliphatic carbocycles. The van der Waals surface area contributed by atoms with Crippen LogP contribution in [0.5, 0.6) is 5.75 Å². The molecule has 104 valence electrons. The average molecular weight is 285 g/mol. The first-order valence-electron chi connectivity index (χ1n) is 6.21. The van der Waals surface area contributed by atoms with Gasteiger partial charge in [0.15, 0.2) is 12.4 Å². The summed E-state index contributed by atoms with van der Waals surface area (Å²) < 4.78 is 10.5. The van der Waals surface area contributed by atoms with E-state index in [2.05, 4.69) is 0 Å². The number of hydrogen-bond donors (Lipinski definition) is 0. The van der Waals surface area contributed by atoms with Crippen molar-refractivity contribution in [1.82, 2.24) is 0 Å². The van der Waals surface area contributed by atoms with Gasteiger partial charge in [0.2, 0.25) is 0 Å². The van der Waals surface area contributed by atoms with E-state index >= 15 is 0 Å². The highest BCUT2D eigenvalue weighted by Crippen LogP contribution is 2.29. The molecule has 5 heteroatoms. The predicted octanol–water partition coefficient (Wildman–Crippen LogP) is 3.26. The van der Waals surface area contributed by atoms with Gasteiger partial charge < -0.3 is 9.47 Å². The molecule has 0 amide bonds. The molecule has 0 saturated carbocycles. The SMILES string of the molecule is CCCC(Oc1c(Cl)cccc1C=O)C(=O)OCC. The van der Waals surface area contributed by atoms with Crippen LogP contribution in [0.3, 0.4) is 0 Å². The van der Waals surface area contributed by atoms with E-state index in [1.165, 1.54) is 0 Å². The van der Waals surface area contributed by atoms with Gasteiger partial charge in [-0.25, -0.2) is 4.79 Å². The molecule has 0 aromatic heterocycles. The standard InChI is InChI=1S/C14H17ClO4/c1-3-6-12(14(17)18-4-2)19-13-10(9-16)7-5-8-11(13)15/h5,7-9,12H,3-4,6H2,1-2H3. The average Bonchev–Trinajstić information content (AvgIpc) is 2.40. The number of para-hydroxylation sites is 1. The van der Waals surface area contributed by atoms with Gasteiger partial charge in [0.25, 0.3) is 0 Å². The summed E-state index contributed by atoms with van der Waals surface area (Å²) in [6.45, 7) is 3.95. The normalized spacial score (nSPS) is 11.7. The summed E-state index contributed by atoms with van der Waals surface area (Å²) in [5, 5.41) is 0.301. The van der Waals surface area contributed by atoms with Crippen molar-refractivity contribution in [3.8, 4) is 5.75 Å². The Labute approximate surface area is 117 Å². The van der Waals surface area contributed by atoms with Crippen molar-refractivity contribution in [1.29, 1.82) is 0 Å². The topological polar surface area (TPSA) is 52.6 Å². The van der Waals surface area contributed by atoms with Gasteiger partial charge >= 0.3 is 5.97 Å². The van der Waals surface area contributed by atoms with Crippen molar-refractivity contribution >= 4 is 23.9 Å². The zero-order chi connectivity index (χ0) is 14.3. The summed E-state index contributed by atoms with van der Waals surface area (Å²) in [5.74, 6) is -0.216. The molecule has 1 rings (SSSR count). The Balaban J connectivity index is 2.96. The lowest BCUT2D eigenvalue weighted by Crippen LogP contribution is -2.29. The highest BCUT2D eigenvalue weighted by atomic mass is 35.5. The van der Waals surface area contributed by atoms with E-state index in [9.17, 15) is 9.59 Å². The first-order chi connectivity index (χ1) is 9.13. The molecule has 0 bridgehead atoms. The van der Waals surface area contributed by atoms with E-state index in [0.717, 1.165) is 6.42 Å². The van der Waals surface area contributed by atoms with Crippen LogP contribution in [-0.4, -0.2) is 25.0 Å². The number of carbonyl (C=O) groups is 2. The van der Waals surface area contributed by atoms with E-state index < -0.39 is 12.1 Å².